The minimum absolute atomic E-state index is 0.0667. The summed E-state index contributed by atoms with van der Waals surface area (Å²) in [5.74, 6) is -1.90. The first-order chi connectivity index (χ1) is 15.4. The Morgan fingerprint density at radius 2 is 1.78 bits per heavy atom. The molecule has 1 aromatic heterocycles. The van der Waals surface area contributed by atoms with Gasteiger partial charge < -0.3 is 14.9 Å². The average molecular weight is 473 g/mol. The van der Waals surface area contributed by atoms with E-state index in [2.05, 4.69) is 15.4 Å². The van der Waals surface area contributed by atoms with Gasteiger partial charge in [0.25, 0.3) is 5.91 Å². The molecule has 0 spiro atoms. The number of hydrogen-bond donors (Lipinski definition) is 4. The van der Waals surface area contributed by atoms with Crippen molar-refractivity contribution in [3.05, 3.63) is 82.9 Å². The minimum atomic E-state index is -2.14. The Morgan fingerprint density at radius 3 is 2.41 bits per heavy atom. The maximum Gasteiger partial charge on any atom is 0.309 e. The molecule has 3 rings (SSSR count). The smallest absolute Gasteiger partial charge is 0.309 e. The first kappa shape index (κ1) is 23.6. The molecule has 0 bridgehead atoms. The number of nitrogens with one attached hydrogen (secondary N) is 2. The van der Waals surface area contributed by atoms with Gasteiger partial charge in [0.15, 0.2) is 5.13 Å². The van der Waals surface area contributed by atoms with Crippen LogP contribution < -0.4 is 10.4 Å². The van der Waals surface area contributed by atoms with E-state index in [0.29, 0.717) is 5.56 Å². The summed E-state index contributed by atoms with van der Waals surface area (Å²) in [6, 6.07) is 17.3. The van der Waals surface area contributed by atoms with E-state index in [1.54, 1.807) is 54.6 Å². The number of carbonyl (C=O) groups excluding carboxylic acids is 1. The molecule has 0 fully saturated rings. The molecule has 1 heterocycles. The summed E-state index contributed by atoms with van der Waals surface area (Å²) in [5, 5.41) is 26.6. The number of carboxylic acid groups (broad SMARTS) is 1. The normalized spacial score (nSPS) is 13.9. The molecule has 2 unspecified atom stereocenters. The Hall–Kier alpha value is -3.01. The number of ether oxygens (including phenoxy) is 1. The molecular weight excluding hydrogens is 453 g/mol. The van der Waals surface area contributed by atoms with Crippen LogP contribution in [-0.4, -0.2) is 32.8 Å². The number of aliphatic carboxylic acids is 1. The van der Waals surface area contributed by atoms with E-state index in [0.717, 1.165) is 16.9 Å². The molecule has 0 aliphatic carbocycles. The highest BCUT2D eigenvalue weighted by atomic mass is 32.1. The van der Waals surface area contributed by atoms with Crippen LogP contribution in [-0.2, 0) is 31.9 Å². The molecule has 0 aliphatic heterocycles. The van der Waals surface area contributed by atoms with Gasteiger partial charge in [0, 0.05) is 5.38 Å². The van der Waals surface area contributed by atoms with Crippen molar-refractivity contribution in [2.75, 3.05) is 5.32 Å². The van der Waals surface area contributed by atoms with Gasteiger partial charge in [-0.15, -0.1) is 11.3 Å². The fraction of sp³-hybridized carbons (Fsp3) is 0.190. The summed E-state index contributed by atoms with van der Waals surface area (Å²) in [7, 11) is -0.646. The quantitative estimate of drug-likeness (QED) is 0.246. The van der Waals surface area contributed by atoms with E-state index >= 15 is 0 Å². The fourth-order valence-electron chi connectivity index (χ4n) is 2.91. The molecule has 0 radical (unpaired) electrons. The van der Waals surface area contributed by atoms with E-state index in [4.69, 9.17) is 9.84 Å². The van der Waals surface area contributed by atoms with Gasteiger partial charge in [-0.25, -0.2) is 4.98 Å². The van der Waals surface area contributed by atoms with Crippen LogP contribution in [0.1, 0.15) is 22.9 Å². The first-order valence-corrected chi connectivity index (χ1v) is 11.1. The highest BCUT2D eigenvalue weighted by molar-refractivity contribution is 7.21. The van der Waals surface area contributed by atoms with Crippen LogP contribution >= 0.6 is 19.9 Å². The summed E-state index contributed by atoms with van der Waals surface area (Å²) in [6.07, 6.45) is -1.83. The van der Waals surface area contributed by atoms with Crippen LogP contribution in [0.25, 0.3) is 0 Å². The average Bonchev–Trinajstić information content (AvgIpc) is 3.23. The Balaban J connectivity index is 1.92. The van der Waals surface area contributed by atoms with Gasteiger partial charge in [0.2, 0.25) is 14.3 Å². The number of aliphatic hydroxyl groups is 1. The molecule has 2 aromatic carbocycles. The number of nitrogens with zero attached hydrogens (tertiary/aromatic N) is 1. The zero-order valence-corrected chi connectivity index (χ0v) is 18.4. The summed E-state index contributed by atoms with van der Waals surface area (Å²) in [5.41, 5.74) is -0.781. The molecule has 166 valence electrons. The lowest BCUT2D eigenvalue weighted by atomic mass is 9.98. The number of thiazole rings is 1. The Labute approximate surface area is 189 Å². The molecule has 0 saturated heterocycles. The van der Waals surface area contributed by atoms with Crippen LogP contribution in [0.3, 0.4) is 0 Å². The summed E-state index contributed by atoms with van der Waals surface area (Å²) < 4.78 is 17.5. The first-order valence-electron chi connectivity index (χ1n) is 9.42. The third-order valence-electron chi connectivity index (χ3n) is 4.46. The number of carbonyl (C=O) groups is 2. The van der Waals surface area contributed by atoms with Crippen LogP contribution in [0, 0.1) is 0 Å². The van der Waals surface area contributed by atoms with Crippen molar-refractivity contribution in [1.82, 2.24) is 10.1 Å². The largest absolute Gasteiger partial charge is 0.481 e. The molecule has 9 nitrogen and oxygen atoms in total. The van der Waals surface area contributed by atoms with E-state index in [1.165, 1.54) is 5.38 Å². The van der Waals surface area contributed by atoms with Gasteiger partial charge in [0.05, 0.1) is 18.7 Å². The maximum atomic E-state index is 13.3. The minimum Gasteiger partial charge on any atom is -0.481 e. The topological polar surface area (TPSA) is 138 Å². The number of rotatable bonds is 11. The van der Waals surface area contributed by atoms with Crippen LogP contribution in [0.2, 0.25) is 0 Å². The van der Waals surface area contributed by atoms with Gasteiger partial charge in [0.1, 0.15) is 6.10 Å². The maximum absolute atomic E-state index is 13.3. The Bertz CT molecular complexity index is 1070. The second-order valence-corrected chi connectivity index (χ2v) is 7.96. The number of amides is 1. The summed E-state index contributed by atoms with van der Waals surface area (Å²) in [4.78, 5) is 28.3. The molecule has 2 atom stereocenters. The standard InChI is InChI=1S/C21H20N3O6PS/c25-17(26)11-16-13-32-20(22-16)23-19(28)21(24-31-29,18(27)15-9-5-2-6-10-15)30-12-14-7-3-1-4-8-14/h1-10,13,18,27H,11-12H2,(H,24,29)(H,25,26)(H,22,23,28). The monoisotopic (exact) mass is 473 g/mol. The van der Waals surface area contributed by atoms with Crippen molar-refractivity contribution >= 4 is 37.0 Å². The van der Waals surface area contributed by atoms with Crippen molar-refractivity contribution in [1.29, 1.82) is 0 Å². The fourth-order valence-corrected chi connectivity index (χ4v) is 4.04. The zero-order valence-electron chi connectivity index (χ0n) is 16.7. The highest BCUT2D eigenvalue weighted by Crippen LogP contribution is 2.32. The number of benzene rings is 2. The lowest BCUT2D eigenvalue weighted by molar-refractivity contribution is -0.168. The molecule has 11 heteroatoms. The van der Waals surface area contributed by atoms with Crippen molar-refractivity contribution in [3.63, 3.8) is 0 Å². The van der Waals surface area contributed by atoms with Crippen molar-refractivity contribution < 1.29 is 29.1 Å². The van der Waals surface area contributed by atoms with Crippen LogP contribution in [0.4, 0.5) is 5.13 Å². The Morgan fingerprint density at radius 1 is 1.12 bits per heavy atom. The number of carboxylic acids is 1. The van der Waals surface area contributed by atoms with Gasteiger partial charge in [-0.2, -0.15) is 5.09 Å². The third kappa shape index (κ3) is 5.82. The zero-order chi connectivity index (χ0) is 23.0. The number of anilines is 1. The van der Waals surface area contributed by atoms with Gasteiger partial charge in [-0.05, 0) is 11.1 Å². The van der Waals surface area contributed by atoms with Gasteiger partial charge in [-0.3, -0.25) is 19.5 Å². The highest BCUT2D eigenvalue weighted by Gasteiger charge is 2.48. The van der Waals surface area contributed by atoms with Crippen molar-refractivity contribution in [2.24, 2.45) is 0 Å². The molecule has 4 N–H and O–H groups in total. The lowest BCUT2D eigenvalue weighted by Gasteiger charge is -2.35. The molecule has 32 heavy (non-hydrogen) atoms. The van der Waals surface area contributed by atoms with Gasteiger partial charge in [-0.1, -0.05) is 60.7 Å². The van der Waals surface area contributed by atoms with Crippen molar-refractivity contribution in [2.45, 2.75) is 24.9 Å². The van der Waals surface area contributed by atoms with E-state index in [-0.39, 0.29) is 23.9 Å². The third-order valence-corrected chi connectivity index (χ3v) is 5.69. The molecule has 0 saturated carbocycles. The number of aliphatic hydroxyl groups excluding tert-OH is 1. The molecule has 1 amide bonds. The molecular formula is C21H20N3O6PS. The summed E-state index contributed by atoms with van der Waals surface area (Å²) >= 11 is 1.02. The second-order valence-electron chi connectivity index (χ2n) is 6.69. The molecule has 0 aliphatic rings. The van der Waals surface area contributed by atoms with Crippen LogP contribution in [0.15, 0.2) is 66.0 Å². The van der Waals surface area contributed by atoms with Crippen LogP contribution in [0.5, 0.6) is 0 Å². The van der Waals surface area contributed by atoms with E-state index < -0.39 is 32.3 Å². The van der Waals surface area contributed by atoms with E-state index in [9.17, 15) is 19.3 Å². The second kappa shape index (κ2) is 11.0. The van der Waals surface area contributed by atoms with E-state index in [1.807, 2.05) is 6.07 Å². The number of hydrogen-bond acceptors (Lipinski definition) is 7. The lowest BCUT2D eigenvalue weighted by Crippen LogP contribution is -2.57. The SMILES string of the molecule is O=PNC(OCc1ccccc1)(C(=O)Nc1nc(CC(=O)O)cs1)C(O)c1ccccc1. The predicted octanol–water partition coefficient (Wildman–Crippen LogP) is 3.15. The Kier molecular flexibility index (Phi) is 8.15. The summed E-state index contributed by atoms with van der Waals surface area (Å²) in [6.45, 7) is -0.0667. The molecule has 3 aromatic rings. The van der Waals surface area contributed by atoms with Crippen molar-refractivity contribution in [3.8, 4) is 0 Å². The van der Waals surface area contributed by atoms with Gasteiger partial charge >= 0.3 is 5.97 Å². The predicted molar refractivity (Wildman–Crippen MR) is 118 cm³/mol. The number of aromatic nitrogens is 1.